The summed E-state index contributed by atoms with van der Waals surface area (Å²) in [5.41, 5.74) is 4.91. The van der Waals surface area contributed by atoms with Crippen LogP contribution in [0.4, 0.5) is 5.69 Å². The summed E-state index contributed by atoms with van der Waals surface area (Å²) in [5, 5.41) is 5.75. The first kappa shape index (κ1) is 20.0. The van der Waals surface area contributed by atoms with Crippen LogP contribution in [-0.2, 0) is 6.54 Å². The smallest absolute Gasteiger partial charge is 0.257 e. The van der Waals surface area contributed by atoms with Gasteiger partial charge in [-0.05, 0) is 53.1 Å². The molecule has 2 amide bonds. The number of hydrogen-bond acceptors (Lipinski definition) is 3. The number of rotatable bonds is 6. The van der Waals surface area contributed by atoms with Crippen molar-refractivity contribution in [3.63, 3.8) is 0 Å². The number of nitrogens with one attached hydrogen (secondary N) is 2. The number of aromatic nitrogens is 1. The van der Waals surface area contributed by atoms with Crippen molar-refractivity contribution in [2.75, 3.05) is 5.32 Å². The number of pyridine rings is 1. The lowest BCUT2D eigenvalue weighted by atomic mass is 10.0. The van der Waals surface area contributed by atoms with E-state index in [9.17, 15) is 9.59 Å². The number of hydrogen-bond donors (Lipinski definition) is 2. The van der Waals surface area contributed by atoms with Gasteiger partial charge in [0.2, 0.25) is 0 Å². The Balaban J connectivity index is 1.32. The van der Waals surface area contributed by atoms with Gasteiger partial charge in [-0.2, -0.15) is 0 Å². The molecule has 1 aromatic heterocycles. The van der Waals surface area contributed by atoms with Crippen LogP contribution in [0.1, 0.15) is 26.3 Å². The third-order valence-electron chi connectivity index (χ3n) is 4.84. The fourth-order valence-electron chi connectivity index (χ4n) is 3.14. The Morgan fingerprint density at radius 1 is 0.677 bits per heavy atom. The minimum Gasteiger partial charge on any atom is -0.348 e. The summed E-state index contributed by atoms with van der Waals surface area (Å²) in [4.78, 5) is 28.6. The second kappa shape index (κ2) is 9.50. The number of anilines is 1. The van der Waals surface area contributed by atoms with E-state index < -0.39 is 0 Å². The van der Waals surface area contributed by atoms with Gasteiger partial charge in [0.05, 0.1) is 5.56 Å². The van der Waals surface area contributed by atoms with Gasteiger partial charge in [-0.1, -0.05) is 54.6 Å². The van der Waals surface area contributed by atoms with Crippen LogP contribution in [0.3, 0.4) is 0 Å². The Kier molecular flexibility index (Phi) is 6.14. The average molecular weight is 407 g/mol. The molecule has 4 aromatic rings. The van der Waals surface area contributed by atoms with Crippen LogP contribution in [0.5, 0.6) is 0 Å². The van der Waals surface area contributed by atoms with Crippen LogP contribution in [0, 0.1) is 0 Å². The molecule has 5 heteroatoms. The molecule has 2 N–H and O–H groups in total. The van der Waals surface area contributed by atoms with Crippen LogP contribution in [-0.4, -0.2) is 16.8 Å². The molecule has 0 saturated heterocycles. The molecule has 152 valence electrons. The fourth-order valence-corrected chi connectivity index (χ4v) is 3.14. The summed E-state index contributed by atoms with van der Waals surface area (Å²) in [6.07, 6.45) is 3.14. The largest absolute Gasteiger partial charge is 0.348 e. The van der Waals surface area contributed by atoms with Crippen LogP contribution in [0.25, 0.3) is 11.1 Å². The minimum absolute atomic E-state index is 0.131. The molecule has 1 heterocycles. The summed E-state index contributed by atoms with van der Waals surface area (Å²) in [7, 11) is 0. The molecule has 0 aliphatic heterocycles. The molecular weight excluding hydrogens is 386 g/mol. The van der Waals surface area contributed by atoms with E-state index in [1.165, 1.54) is 6.20 Å². The zero-order valence-electron chi connectivity index (χ0n) is 16.8. The van der Waals surface area contributed by atoms with E-state index >= 15 is 0 Å². The third kappa shape index (κ3) is 5.22. The van der Waals surface area contributed by atoms with Crippen LogP contribution >= 0.6 is 0 Å². The van der Waals surface area contributed by atoms with E-state index in [-0.39, 0.29) is 11.8 Å². The van der Waals surface area contributed by atoms with Crippen LogP contribution in [0.2, 0.25) is 0 Å². The molecule has 0 atom stereocenters. The van der Waals surface area contributed by atoms with Crippen LogP contribution < -0.4 is 10.6 Å². The van der Waals surface area contributed by atoms with Gasteiger partial charge in [-0.25, -0.2) is 0 Å². The van der Waals surface area contributed by atoms with Crippen molar-refractivity contribution in [1.29, 1.82) is 0 Å². The lowest BCUT2D eigenvalue weighted by Gasteiger charge is -2.09. The first-order chi connectivity index (χ1) is 15.2. The molecule has 31 heavy (non-hydrogen) atoms. The fraction of sp³-hybridized carbons (Fsp3) is 0.0385. The Hall–Kier alpha value is -4.25. The molecule has 4 rings (SSSR count). The van der Waals surface area contributed by atoms with E-state index in [1.54, 1.807) is 18.3 Å². The molecule has 0 radical (unpaired) electrons. The van der Waals surface area contributed by atoms with E-state index in [0.29, 0.717) is 23.4 Å². The average Bonchev–Trinajstić information content (AvgIpc) is 2.84. The molecule has 5 nitrogen and oxygen atoms in total. The van der Waals surface area contributed by atoms with Crippen LogP contribution in [0.15, 0.2) is 103 Å². The van der Waals surface area contributed by atoms with E-state index in [1.807, 2.05) is 78.9 Å². The van der Waals surface area contributed by atoms with Crippen molar-refractivity contribution < 1.29 is 9.59 Å². The maximum Gasteiger partial charge on any atom is 0.257 e. The highest BCUT2D eigenvalue weighted by atomic mass is 16.2. The molecule has 3 aromatic carbocycles. The van der Waals surface area contributed by atoms with Crippen molar-refractivity contribution >= 4 is 17.5 Å². The molecule has 0 aliphatic rings. The number of carbonyl (C=O) groups excluding carboxylic acids is 2. The lowest BCUT2D eigenvalue weighted by molar-refractivity contribution is 0.0950. The summed E-state index contributed by atoms with van der Waals surface area (Å²) >= 11 is 0. The molecule has 0 saturated carbocycles. The highest BCUT2D eigenvalue weighted by Gasteiger charge is 2.08. The quantitative estimate of drug-likeness (QED) is 0.476. The molecule has 0 fully saturated rings. The van der Waals surface area contributed by atoms with Crippen molar-refractivity contribution in [2.45, 2.75) is 6.54 Å². The Morgan fingerprint density at radius 2 is 1.39 bits per heavy atom. The van der Waals surface area contributed by atoms with Crippen molar-refractivity contribution in [2.24, 2.45) is 0 Å². The normalized spacial score (nSPS) is 10.3. The zero-order chi connectivity index (χ0) is 21.5. The van der Waals surface area contributed by atoms with Gasteiger partial charge in [0.1, 0.15) is 0 Å². The van der Waals surface area contributed by atoms with Gasteiger partial charge >= 0.3 is 0 Å². The minimum atomic E-state index is -0.215. The standard InChI is InChI=1S/C26H21N3O2/c30-25(22-12-10-21(11-13-22)20-5-2-1-3-6-20)28-17-19-8-14-24(15-9-19)29-26(31)23-7-4-16-27-18-23/h1-16,18H,17H2,(H,28,30)(H,29,31). The molecule has 0 aliphatic carbocycles. The Labute approximate surface area is 180 Å². The predicted octanol–water partition coefficient (Wildman–Crippen LogP) is 4.93. The number of amides is 2. The first-order valence-corrected chi connectivity index (χ1v) is 9.93. The number of carbonyl (C=O) groups is 2. The van der Waals surface area contributed by atoms with E-state index in [2.05, 4.69) is 15.6 Å². The van der Waals surface area contributed by atoms with Crippen molar-refractivity contribution in [3.05, 3.63) is 120 Å². The predicted molar refractivity (Wildman–Crippen MR) is 122 cm³/mol. The second-order valence-electron chi connectivity index (χ2n) is 7.02. The van der Waals surface area contributed by atoms with Gasteiger partial charge in [0.25, 0.3) is 11.8 Å². The molecule has 0 unspecified atom stereocenters. The van der Waals surface area contributed by atoms with Crippen molar-refractivity contribution in [3.8, 4) is 11.1 Å². The van der Waals surface area contributed by atoms with Gasteiger partial charge in [0, 0.05) is 30.2 Å². The maximum absolute atomic E-state index is 12.5. The lowest BCUT2D eigenvalue weighted by Crippen LogP contribution is -2.22. The van der Waals surface area contributed by atoms with Gasteiger partial charge in [-0.3, -0.25) is 14.6 Å². The van der Waals surface area contributed by atoms with Gasteiger partial charge in [0.15, 0.2) is 0 Å². The number of benzene rings is 3. The summed E-state index contributed by atoms with van der Waals surface area (Å²) in [6.45, 7) is 0.399. The molecular formula is C26H21N3O2. The molecule has 0 bridgehead atoms. The van der Waals surface area contributed by atoms with Crippen molar-refractivity contribution in [1.82, 2.24) is 10.3 Å². The maximum atomic E-state index is 12.5. The summed E-state index contributed by atoms with van der Waals surface area (Å²) < 4.78 is 0. The topological polar surface area (TPSA) is 71.1 Å². The van der Waals surface area contributed by atoms with E-state index in [0.717, 1.165) is 16.7 Å². The van der Waals surface area contributed by atoms with Gasteiger partial charge < -0.3 is 10.6 Å². The zero-order valence-corrected chi connectivity index (χ0v) is 16.8. The summed E-state index contributed by atoms with van der Waals surface area (Å²) in [5.74, 6) is -0.346. The van der Waals surface area contributed by atoms with E-state index in [4.69, 9.17) is 0 Å². The Morgan fingerprint density at radius 3 is 2.06 bits per heavy atom. The highest BCUT2D eigenvalue weighted by molar-refractivity contribution is 6.04. The monoisotopic (exact) mass is 407 g/mol. The number of nitrogens with zero attached hydrogens (tertiary/aromatic N) is 1. The SMILES string of the molecule is O=C(NCc1ccc(NC(=O)c2cccnc2)cc1)c1ccc(-c2ccccc2)cc1. The first-order valence-electron chi connectivity index (χ1n) is 9.93. The Bertz CT molecular complexity index is 1160. The molecule has 0 spiro atoms. The van der Waals surface area contributed by atoms with Gasteiger partial charge in [-0.15, -0.1) is 0 Å². The summed E-state index contributed by atoms with van der Waals surface area (Å²) in [6, 6.07) is 28.4. The third-order valence-corrected chi connectivity index (χ3v) is 4.84. The second-order valence-corrected chi connectivity index (χ2v) is 7.02. The highest BCUT2D eigenvalue weighted by Crippen LogP contribution is 2.19.